The normalized spacial score (nSPS) is 18.9. The van der Waals surface area contributed by atoms with Crippen LogP contribution in [0.25, 0.3) is 0 Å². The Bertz CT molecular complexity index is 331. The Morgan fingerprint density at radius 1 is 1.20 bits per heavy atom. The molecule has 0 heterocycles. The highest BCUT2D eigenvalue weighted by Gasteiger charge is 2.62. The fourth-order valence-corrected chi connectivity index (χ4v) is 2.13. The van der Waals surface area contributed by atoms with Crippen LogP contribution in [0.3, 0.4) is 0 Å². The molecule has 1 aliphatic rings. The van der Waals surface area contributed by atoms with E-state index in [1.165, 1.54) is 0 Å². The molecule has 0 atom stereocenters. The highest BCUT2D eigenvalue weighted by Crippen LogP contribution is 2.59. The molecule has 2 rings (SSSR count). The van der Waals surface area contributed by atoms with Gasteiger partial charge in [0.05, 0.1) is 5.41 Å². The van der Waals surface area contributed by atoms with Crippen LogP contribution in [0.15, 0.2) is 30.3 Å². The zero-order chi connectivity index (χ0) is 10.9. The average molecular weight is 212 g/mol. The van der Waals surface area contributed by atoms with E-state index in [2.05, 4.69) is 0 Å². The molecule has 0 saturated heterocycles. The molecular formula is C12H14F2O. The van der Waals surface area contributed by atoms with Gasteiger partial charge in [-0.15, -0.1) is 0 Å². The number of aliphatic hydroxyl groups excluding tert-OH is 1. The predicted molar refractivity (Wildman–Crippen MR) is 54.0 cm³/mol. The van der Waals surface area contributed by atoms with Crippen molar-refractivity contribution in [1.82, 2.24) is 0 Å². The summed E-state index contributed by atoms with van der Waals surface area (Å²) in [6, 6.07) is 8.88. The van der Waals surface area contributed by atoms with E-state index in [4.69, 9.17) is 5.11 Å². The highest BCUT2D eigenvalue weighted by atomic mass is 19.3. The van der Waals surface area contributed by atoms with Gasteiger partial charge in [-0.2, -0.15) is 0 Å². The second-order valence-corrected chi connectivity index (χ2v) is 4.13. The molecule has 3 heteroatoms. The molecule has 0 spiro atoms. The molecule has 0 radical (unpaired) electrons. The molecule has 15 heavy (non-hydrogen) atoms. The minimum Gasteiger partial charge on any atom is -0.396 e. The lowest BCUT2D eigenvalue weighted by Crippen LogP contribution is -2.34. The molecule has 1 aromatic carbocycles. The number of rotatable bonds is 4. The first-order chi connectivity index (χ1) is 7.12. The third kappa shape index (κ3) is 1.65. The van der Waals surface area contributed by atoms with Gasteiger partial charge >= 0.3 is 0 Å². The van der Waals surface area contributed by atoms with Crippen molar-refractivity contribution in [2.75, 3.05) is 6.61 Å². The molecule has 0 bridgehead atoms. The summed E-state index contributed by atoms with van der Waals surface area (Å²) in [4.78, 5) is 0. The van der Waals surface area contributed by atoms with E-state index in [-0.39, 0.29) is 0 Å². The van der Waals surface area contributed by atoms with Crippen molar-refractivity contribution >= 4 is 0 Å². The molecule has 1 aliphatic carbocycles. The van der Waals surface area contributed by atoms with Crippen LogP contribution < -0.4 is 0 Å². The third-order valence-electron chi connectivity index (χ3n) is 3.20. The fraction of sp³-hybridized carbons (Fsp3) is 0.500. The Morgan fingerprint density at radius 3 is 2.27 bits per heavy atom. The minimum absolute atomic E-state index is 0.443. The van der Waals surface area contributed by atoms with Crippen molar-refractivity contribution in [3.63, 3.8) is 0 Å². The van der Waals surface area contributed by atoms with Gasteiger partial charge in [0.2, 0.25) is 0 Å². The van der Waals surface area contributed by atoms with Crippen molar-refractivity contribution in [3.8, 4) is 0 Å². The van der Waals surface area contributed by atoms with Crippen molar-refractivity contribution in [3.05, 3.63) is 35.9 Å². The van der Waals surface area contributed by atoms with Gasteiger partial charge in [0.15, 0.2) is 0 Å². The summed E-state index contributed by atoms with van der Waals surface area (Å²) in [5, 5.41) is 8.66. The molecule has 1 saturated carbocycles. The SMILES string of the molecule is OCCC(F)(F)C1(c2ccccc2)CC1. The lowest BCUT2D eigenvalue weighted by Gasteiger charge is -2.26. The van der Waals surface area contributed by atoms with Gasteiger partial charge in [-0.25, -0.2) is 8.78 Å². The van der Waals surface area contributed by atoms with Crippen LogP contribution in [0, 0.1) is 0 Å². The van der Waals surface area contributed by atoms with Crippen LogP contribution >= 0.6 is 0 Å². The summed E-state index contributed by atoms with van der Waals surface area (Å²) < 4.78 is 27.6. The van der Waals surface area contributed by atoms with Crippen molar-refractivity contribution in [2.45, 2.75) is 30.6 Å². The van der Waals surface area contributed by atoms with Crippen molar-refractivity contribution < 1.29 is 13.9 Å². The maximum Gasteiger partial charge on any atom is 0.259 e. The van der Waals surface area contributed by atoms with Gasteiger partial charge in [-0.1, -0.05) is 30.3 Å². The molecule has 0 aromatic heterocycles. The summed E-state index contributed by atoms with van der Waals surface area (Å²) in [5.41, 5.74) is -0.305. The molecule has 1 aromatic rings. The average Bonchev–Trinajstić information content (AvgIpc) is 3.00. The number of aliphatic hydroxyl groups is 1. The van der Waals surface area contributed by atoms with E-state index in [0.29, 0.717) is 18.4 Å². The molecule has 1 fully saturated rings. The highest BCUT2D eigenvalue weighted by molar-refractivity contribution is 5.34. The van der Waals surface area contributed by atoms with E-state index in [1.54, 1.807) is 24.3 Å². The van der Waals surface area contributed by atoms with E-state index < -0.39 is 24.4 Å². The van der Waals surface area contributed by atoms with Crippen molar-refractivity contribution in [2.24, 2.45) is 0 Å². The summed E-state index contributed by atoms with van der Waals surface area (Å²) in [7, 11) is 0. The molecule has 0 unspecified atom stereocenters. The Labute approximate surface area is 87.7 Å². The first kappa shape index (κ1) is 10.6. The zero-order valence-electron chi connectivity index (χ0n) is 8.42. The Kier molecular flexibility index (Phi) is 2.51. The molecular weight excluding hydrogens is 198 g/mol. The van der Waals surface area contributed by atoms with Crippen LogP contribution in [0.1, 0.15) is 24.8 Å². The van der Waals surface area contributed by atoms with Crippen LogP contribution in [0.4, 0.5) is 8.78 Å². The van der Waals surface area contributed by atoms with E-state index >= 15 is 0 Å². The van der Waals surface area contributed by atoms with Crippen LogP contribution in [-0.4, -0.2) is 17.6 Å². The van der Waals surface area contributed by atoms with Crippen molar-refractivity contribution in [1.29, 1.82) is 0 Å². The van der Waals surface area contributed by atoms with Gasteiger partial charge in [0.25, 0.3) is 5.92 Å². The van der Waals surface area contributed by atoms with Crippen LogP contribution in [0.2, 0.25) is 0 Å². The van der Waals surface area contributed by atoms with Gasteiger partial charge in [0.1, 0.15) is 0 Å². The van der Waals surface area contributed by atoms with Gasteiger partial charge < -0.3 is 5.11 Å². The monoisotopic (exact) mass is 212 g/mol. The smallest absolute Gasteiger partial charge is 0.259 e. The summed E-state index contributed by atoms with van der Waals surface area (Å²) in [6.45, 7) is -0.457. The van der Waals surface area contributed by atoms with Gasteiger partial charge in [-0.05, 0) is 18.4 Å². The molecule has 82 valence electrons. The summed E-state index contributed by atoms with van der Waals surface area (Å²) in [6.07, 6.45) is 0.593. The first-order valence-electron chi connectivity index (χ1n) is 5.17. The molecule has 0 aliphatic heterocycles. The largest absolute Gasteiger partial charge is 0.396 e. The topological polar surface area (TPSA) is 20.2 Å². The second-order valence-electron chi connectivity index (χ2n) is 4.13. The number of alkyl halides is 2. The zero-order valence-corrected chi connectivity index (χ0v) is 8.42. The van der Waals surface area contributed by atoms with E-state index in [0.717, 1.165) is 0 Å². The molecule has 1 N–H and O–H groups in total. The lowest BCUT2D eigenvalue weighted by molar-refractivity contribution is -0.0580. The van der Waals surface area contributed by atoms with E-state index in [1.807, 2.05) is 6.07 Å². The molecule has 1 nitrogen and oxygen atoms in total. The Balaban J connectivity index is 2.28. The number of benzene rings is 1. The van der Waals surface area contributed by atoms with Crippen LogP contribution in [0.5, 0.6) is 0 Å². The molecule has 0 amide bonds. The second kappa shape index (κ2) is 3.56. The summed E-state index contributed by atoms with van der Waals surface area (Å²) in [5.74, 6) is -2.79. The third-order valence-corrected chi connectivity index (χ3v) is 3.20. The minimum atomic E-state index is -2.79. The van der Waals surface area contributed by atoms with E-state index in [9.17, 15) is 8.78 Å². The number of halogens is 2. The fourth-order valence-electron chi connectivity index (χ4n) is 2.13. The first-order valence-corrected chi connectivity index (χ1v) is 5.17. The van der Waals surface area contributed by atoms with Gasteiger partial charge in [-0.3, -0.25) is 0 Å². The Morgan fingerprint density at radius 2 is 1.80 bits per heavy atom. The van der Waals surface area contributed by atoms with Crippen LogP contribution in [-0.2, 0) is 5.41 Å². The number of hydrogen-bond acceptors (Lipinski definition) is 1. The predicted octanol–water partition coefficient (Wildman–Crippen LogP) is 2.74. The summed E-state index contributed by atoms with van der Waals surface area (Å²) >= 11 is 0. The number of hydrogen-bond donors (Lipinski definition) is 1. The lowest BCUT2D eigenvalue weighted by atomic mass is 9.87. The standard InChI is InChI=1S/C12H14F2O/c13-12(14,8-9-15)11(6-7-11)10-4-2-1-3-5-10/h1-5,15H,6-9H2. The van der Waals surface area contributed by atoms with Gasteiger partial charge in [0, 0.05) is 13.0 Å². The maximum absolute atomic E-state index is 13.8. The maximum atomic E-state index is 13.8. The quantitative estimate of drug-likeness (QED) is 0.813. The Hall–Kier alpha value is -0.960.